The number of rotatable bonds is 8. The van der Waals surface area contributed by atoms with Crippen LogP contribution >= 0.6 is 11.6 Å². The summed E-state index contributed by atoms with van der Waals surface area (Å²) in [4.78, 5) is 35.3. The van der Waals surface area contributed by atoms with E-state index >= 15 is 0 Å². The Morgan fingerprint density at radius 2 is 1.82 bits per heavy atom. The minimum absolute atomic E-state index is 0.0387. The normalized spacial score (nSPS) is 12.2. The van der Waals surface area contributed by atoms with Crippen molar-refractivity contribution in [2.45, 2.75) is 33.1 Å². The van der Waals surface area contributed by atoms with Crippen LogP contribution in [0.2, 0.25) is 5.02 Å². The Morgan fingerprint density at radius 3 is 2.33 bits per heavy atom. The van der Waals surface area contributed by atoms with Crippen LogP contribution in [-0.2, 0) is 20.4 Å². The van der Waals surface area contributed by atoms with Crippen molar-refractivity contribution in [3.05, 3.63) is 62.7 Å². The lowest BCUT2D eigenvalue weighted by atomic mass is 10.1. The Bertz CT molecular complexity index is 1060. The van der Waals surface area contributed by atoms with E-state index in [1.165, 1.54) is 0 Å². The zero-order chi connectivity index (χ0) is 24.9. The summed E-state index contributed by atoms with van der Waals surface area (Å²) in [6.45, 7) is 4.79. The average Bonchev–Trinajstić information content (AvgIpc) is 2.72. The molecule has 0 heterocycles. The second-order valence-electron chi connectivity index (χ2n) is 7.00. The van der Waals surface area contributed by atoms with Crippen molar-refractivity contribution >= 4 is 29.2 Å². The fraction of sp³-hybridized carbons (Fsp3) is 0.333. The molecule has 0 saturated carbocycles. The zero-order valence-corrected chi connectivity index (χ0v) is 18.4. The Balaban J connectivity index is 2.37. The highest BCUT2D eigenvalue weighted by Crippen LogP contribution is 2.37. The summed E-state index contributed by atoms with van der Waals surface area (Å²) in [5, 5.41) is 11.0. The Labute approximate surface area is 191 Å². The van der Waals surface area contributed by atoms with Crippen LogP contribution in [0.4, 0.5) is 18.9 Å². The van der Waals surface area contributed by atoms with Gasteiger partial charge in [-0.25, -0.2) is 9.59 Å². The minimum Gasteiger partial charge on any atom is -0.463 e. The second kappa shape index (κ2) is 10.5. The molecule has 0 N–H and O–H groups in total. The first-order valence-corrected chi connectivity index (χ1v) is 9.93. The summed E-state index contributed by atoms with van der Waals surface area (Å²) in [5.41, 5.74) is -2.15. The second-order valence-corrected chi connectivity index (χ2v) is 7.41. The molecule has 8 nitrogen and oxygen atoms in total. The van der Waals surface area contributed by atoms with Gasteiger partial charge >= 0.3 is 18.1 Å². The van der Waals surface area contributed by atoms with E-state index in [-0.39, 0.29) is 23.1 Å². The molecule has 2 aromatic rings. The maximum absolute atomic E-state index is 12.8. The summed E-state index contributed by atoms with van der Waals surface area (Å²) in [6, 6.07) is 5.43. The van der Waals surface area contributed by atoms with Crippen molar-refractivity contribution in [2.75, 3.05) is 6.61 Å². The molecule has 0 aromatic heterocycles. The van der Waals surface area contributed by atoms with Gasteiger partial charge in [0.15, 0.2) is 0 Å². The molecule has 0 bridgehead atoms. The molecule has 0 amide bonds. The number of carbonyl (C=O) groups is 2. The van der Waals surface area contributed by atoms with E-state index < -0.39 is 51.9 Å². The van der Waals surface area contributed by atoms with Crippen LogP contribution in [0, 0.1) is 16.0 Å². The van der Waals surface area contributed by atoms with Crippen molar-refractivity contribution in [3.63, 3.8) is 0 Å². The molecule has 0 aliphatic rings. The van der Waals surface area contributed by atoms with Crippen molar-refractivity contribution in [1.82, 2.24) is 0 Å². The van der Waals surface area contributed by atoms with Crippen molar-refractivity contribution in [2.24, 2.45) is 5.92 Å². The monoisotopic (exact) mass is 489 g/mol. The van der Waals surface area contributed by atoms with E-state index in [9.17, 15) is 32.9 Å². The van der Waals surface area contributed by atoms with Crippen LogP contribution in [0.5, 0.6) is 11.5 Å². The highest BCUT2D eigenvalue weighted by molar-refractivity contribution is 6.32. The predicted molar refractivity (Wildman–Crippen MR) is 110 cm³/mol. The number of nitro groups is 1. The van der Waals surface area contributed by atoms with Gasteiger partial charge in [0, 0.05) is 18.1 Å². The summed E-state index contributed by atoms with van der Waals surface area (Å²) in [5.74, 6) is -2.79. The molecule has 1 atom stereocenters. The molecule has 2 rings (SSSR count). The first-order valence-electron chi connectivity index (χ1n) is 9.55. The average molecular weight is 490 g/mol. The first kappa shape index (κ1) is 25.9. The van der Waals surface area contributed by atoms with Gasteiger partial charge in [-0.3, -0.25) is 10.1 Å². The predicted octanol–water partition coefficient (Wildman–Crippen LogP) is 5.80. The van der Waals surface area contributed by atoms with E-state index in [4.69, 9.17) is 25.8 Å². The lowest BCUT2D eigenvalue weighted by molar-refractivity contribution is -0.385. The lowest BCUT2D eigenvalue weighted by Crippen LogP contribution is -2.34. The fourth-order valence-corrected chi connectivity index (χ4v) is 2.87. The smallest absolute Gasteiger partial charge is 0.416 e. The topological polar surface area (TPSA) is 105 Å². The summed E-state index contributed by atoms with van der Waals surface area (Å²) in [6.07, 6.45) is -5.93. The Hall–Kier alpha value is -3.34. The number of halogens is 4. The highest BCUT2D eigenvalue weighted by Gasteiger charge is 2.32. The maximum Gasteiger partial charge on any atom is 0.416 e. The molecule has 2 aromatic carbocycles. The number of nitro benzene ring substituents is 1. The number of benzene rings is 2. The standard InChI is InChI=1S/C21H19ClF3NO7/c1-4-31-20(28)18(11(2)3)33-19(27)14-10-13(6-7-16(14)26(29)30)32-17-8-5-12(9-15(17)22)21(23,24)25/h5-11,18H,4H2,1-3H3. The molecule has 0 fully saturated rings. The maximum atomic E-state index is 12.8. The molecule has 178 valence electrons. The first-order chi connectivity index (χ1) is 15.3. The van der Waals surface area contributed by atoms with Crippen LogP contribution in [-0.4, -0.2) is 29.6 Å². The molecule has 0 saturated heterocycles. The molecular weight excluding hydrogens is 471 g/mol. The molecule has 33 heavy (non-hydrogen) atoms. The molecule has 0 aliphatic carbocycles. The minimum atomic E-state index is -4.61. The third-order valence-electron chi connectivity index (χ3n) is 4.23. The van der Waals surface area contributed by atoms with Gasteiger partial charge in [0.05, 0.1) is 22.1 Å². The van der Waals surface area contributed by atoms with E-state index in [2.05, 4.69) is 0 Å². The Morgan fingerprint density at radius 1 is 1.15 bits per heavy atom. The quantitative estimate of drug-likeness (QED) is 0.262. The Kier molecular flexibility index (Phi) is 8.26. The van der Waals surface area contributed by atoms with Crippen molar-refractivity contribution in [3.8, 4) is 11.5 Å². The highest BCUT2D eigenvalue weighted by atomic mass is 35.5. The van der Waals surface area contributed by atoms with Gasteiger partial charge in [-0.05, 0) is 31.2 Å². The van der Waals surface area contributed by atoms with Crippen LogP contribution in [0.3, 0.4) is 0 Å². The van der Waals surface area contributed by atoms with Crippen LogP contribution in [0.1, 0.15) is 36.7 Å². The molecule has 1 unspecified atom stereocenters. The SMILES string of the molecule is CCOC(=O)C(OC(=O)c1cc(Oc2ccc(C(F)(F)F)cc2Cl)ccc1[N+](=O)[O-])C(C)C. The number of nitrogens with zero attached hydrogens (tertiary/aromatic N) is 1. The van der Waals surface area contributed by atoms with Crippen LogP contribution < -0.4 is 4.74 Å². The van der Waals surface area contributed by atoms with Gasteiger partial charge in [-0.15, -0.1) is 0 Å². The molecule has 12 heteroatoms. The van der Waals surface area contributed by atoms with Gasteiger partial charge in [0.25, 0.3) is 5.69 Å². The molecule has 0 radical (unpaired) electrons. The third-order valence-corrected chi connectivity index (χ3v) is 4.53. The molecule has 0 spiro atoms. The van der Waals surface area contributed by atoms with Crippen molar-refractivity contribution < 1.29 is 41.9 Å². The fourth-order valence-electron chi connectivity index (χ4n) is 2.65. The summed E-state index contributed by atoms with van der Waals surface area (Å²) < 4.78 is 53.9. The van der Waals surface area contributed by atoms with Gasteiger partial charge in [0.2, 0.25) is 6.10 Å². The molecule has 0 aliphatic heterocycles. The van der Waals surface area contributed by atoms with Crippen LogP contribution in [0.15, 0.2) is 36.4 Å². The number of carbonyl (C=O) groups excluding carboxylic acids is 2. The largest absolute Gasteiger partial charge is 0.463 e. The lowest BCUT2D eigenvalue weighted by Gasteiger charge is -2.19. The number of hydrogen-bond donors (Lipinski definition) is 0. The third kappa shape index (κ3) is 6.58. The molecular formula is C21H19ClF3NO7. The van der Waals surface area contributed by atoms with E-state index in [1.54, 1.807) is 20.8 Å². The number of alkyl halides is 3. The summed E-state index contributed by atoms with van der Waals surface area (Å²) in [7, 11) is 0. The van der Waals surface area contributed by atoms with Crippen LogP contribution in [0.25, 0.3) is 0 Å². The van der Waals surface area contributed by atoms with E-state index in [0.717, 1.165) is 30.3 Å². The van der Waals surface area contributed by atoms with E-state index in [1.807, 2.05) is 0 Å². The van der Waals surface area contributed by atoms with E-state index in [0.29, 0.717) is 6.07 Å². The van der Waals surface area contributed by atoms with Gasteiger partial charge in [-0.2, -0.15) is 13.2 Å². The summed E-state index contributed by atoms with van der Waals surface area (Å²) >= 11 is 5.86. The number of ether oxygens (including phenoxy) is 3. The van der Waals surface area contributed by atoms with Crippen molar-refractivity contribution in [1.29, 1.82) is 0 Å². The van der Waals surface area contributed by atoms with Gasteiger partial charge < -0.3 is 14.2 Å². The number of esters is 2. The number of hydrogen-bond acceptors (Lipinski definition) is 7. The van der Waals surface area contributed by atoms with Gasteiger partial charge in [-0.1, -0.05) is 25.4 Å². The zero-order valence-electron chi connectivity index (χ0n) is 17.6. The van der Waals surface area contributed by atoms with Gasteiger partial charge in [0.1, 0.15) is 17.1 Å².